The molecule has 0 aliphatic heterocycles. The molecule has 0 aliphatic rings. The van der Waals surface area contributed by atoms with Crippen LogP contribution in [0.3, 0.4) is 0 Å². The van der Waals surface area contributed by atoms with E-state index in [0.29, 0.717) is 16.8 Å². The van der Waals surface area contributed by atoms with E-state index in [4.69, 9.17) is 23.2 Å². The van der Waals surface area contributed by atoms with Crippen LogP contribution in [0.5, 0.6) is 0 Å². The van der Waals surface area contributed by atoms with Gasteiger partial charge in [-0.25, -0.2) is 8.42 Å². The Kier molecular flexibility index (Phi) is 8.68. The maximum atomic E-state index is 13.6. The molecular weight excluding hydrogens is 567 g/mol. The summed E-state index contributed by atoms with van der Waals surface area (Å²) in [6, 6.07) is 26.2. The van der Waals surface area contributed by atoms with Crippen LogP contribution < -0.4 is 9.62 Å². The Hall–Kier alpha value is -3.65. The van der Waals surface area contributed by atoms with Gasteiger partial charge in [-0.1, -0.05) is 105 Å². The van der Waals surface area contributed by atoms with Crippen molar-refractivity contribution in [1.82, 2.24) is 0 Å². The van der Waals surface area contributed by atoms with Gasteiger partial charge in [0.15, 0.2) is 5.78 Å². The van der Waals surface area contributed by atoms with Gasteiger partial charge in [-0.2, -0.15) is 0 Å². The minimum absolute atomic E-state index is 0.00143. The summed E-state index contributed by atoms with van der Waals surface area (Å²) < 4.78 is 28.1. The molecule has 0 saturated heterocycles. The predicted octanol–water partition coefficient (Wildman–Crippen LogP) is 7.36. The molecule has 206 valence electrons. The highest BCUT2D eigenvalue weighted by Gasteiger charge is 2.29. The first-order valence-electron chi connectivity index (χ1n) is 12.4. The largest absolute Gasteiger partial charge is 0.324 e. The van der Waals surface area contributed by atoms with Gasteiger partial charge in [0.2, 0.25) is 5.91 Å². The van der Waals surface area contributed by atoms with Crippen molar-refractivity contribution in [3.63, 3.8) is 0 Å². The average Bonchev–Trinajstić information content (AvgIpc) is 2.93. The molecular formula is C31H28Cl2N2O4S. The molecule has 4 rings (SSSR count). The third-order valence-electron chi connectivity index (χ3n) is 6.24. The van der Waals surface area contributed by atoms with Crippen molar-refractivity contribution in [2.45, 2.75) is 31.1 Å². The van der Waals surface area contributed by atoms with Crippen LogP contribution in [0.25, 0.3) is 0 Å². The lowest BCUT2D eigenvalue weighted by molar-refractivity contribution is -0.114. The van der Waals surface area contributed by atoms with Crippen LogP contribution in [-0.2, 0) is 20.2 Å². The van der Waals surface area contributed by atoms with Crippen molar-refractivity contribution >= 4 is 56.3 Å². The second-order valence-electron chi connectivity index (χ2n) is 10.2. The number of hydrogen-bond donors (Lipinski definition) is 1. The van der Waals surface area contributed by atoms with Gasteiger partial charge >= 0.3 is 0 Å². The Morgan fingerprint density at radius 3 is 2.10 bits per heavy atom. The third kappa shape index (κ3) is 6.55. The van der Waals surface area contributed by atoms with E-state index in [-0.39, 0.29) is 31.8 Å². The molecule has 9 heteroatoms. The standard InChI is InChI=1S/C31H28Cl2N2O4S/c1-31(2,3)23-17-15-21(16-18-23)30(37)22-9-7-10-24(19-22)34-28(36)20-35(27-14-8-13-26(32)29(27)33)40(38,39)25-11-5-4-6-12-25/h4-19H,20H2,1-3H3,(H,34,36). The van der Waals surface area contributed by atoms with Crippen molar-refractivity contribution in [3.8, 4) is 0 Å². The number of nitrogens with zero attached hydrogens (tertiary/aromatic N) is 1. The molecule has 0 aromatic heterocycles. The molecule has 4 aromatic rings. The van der Waals surface area contributed by atoms with Crippen LogP contribution in [0.2, 0.25) is 10.0 Å². The number of nitrogens with one attached hydrogen (secondary N) is 1. The second kappa shape index (κ2) is 11.8. The molecule has 0 bridgehead atoms. The number of carbonyl (C=O) groups excluding carboxylic acids is 2. The van der Waals surface area contributed by atoms with E-state index >= 15 is 0 Å². The quantitative estimate of drug-likeness (QED) is 0.216. The van der Waals surface area contributed by atoms with Gasteiger partial charge in [-0.15, -0.1) is 0 Å². The summed E-state index contributed by atoms with van der Waals surface area (Å²) in [7, 11) is -4.18. The zero-order valence-corrected chi connectivity index (χ0v) is 24.5. The van der Waals surface area contributed by atoms with E-state index in [1.807, 2.05) is 12.1 Å². The molecule has 40 heavy (non-hydrogen) atoms. The van der Waals surface area contributed by atoms with E-state index in [9.17, 15) is 18.0 Å². The van der Waals surface area contributed by atoms with Crippen molar-refractivity contribution in [2.75, 3.05) is 16.2 Å². The molecule has 0 fully saturated rings. The Morgan fingerprint density at radius 1 is 0.800 bits per heavy atom. The molecule has 0 saturated carbocycles. The van der Waals surface area contributed by atoms with E-state index in [1.54, 1.807) is 60.7 Å². The van der Waals surface area contributed by atoms with E-state index in [0.717, 1.165) is 9.87 Å². The monoisotopic (exact) mass is 594 g/mol. The summed E-state index contributed by atoms with van der Waals surface area (Å²) in [6.07, 6.45) is 0. The number of anilines is 2. The normalized spacial score (nSPS) is 11.6. The predicted molar refractivity (Wildman–Crippen MR) is 161 cm³/mol. The number of hydrogen-bond acceptors (Lipinski definition) is 4. The lowest BCUT2D eigenvalue weighted by Gasteiger charge is -2.25. The summed E-state index contributed by atoms with van der Waals surface area (Å²) >= 11 is 12.5. The molecule has 0 radical (unpaired) electrons. The Labute approximate surface area is 244 Å². The third-order valence-corrected chi connectivity index (χ3v) is 8.82. The fraction of sp³-hybridized carbons (Fsp3) is 0.161. The molecule has 0 unspecified atom stereocenters. The molecule has 4 aromatic carbocycles. The zero-order chi connectivity index (χ0) is 29.1. The minimum atomic E-state index is -4.18. The van der Waals surface area contributed by atoms with Crippen LogP contribution in [0.4, 0.5) is 11.4 Å². The fourth-order valence-electron chi connectivity index (χ4n) is 4.06. The Balaban J connectivity index is 1.59. The topological polar surface area (TPSA) is 83.6 Å². The van der Waals surface area contributed by atoms with Gasteiger partial charge in [-0.05, 0) is 47.4 Å². The lowest BCUT2D eigenvalue weighted by Crippen LogP contribution is -2.38. The number of ketones is 1. The number of amides is 1. The van der Waals surface area contributed by atoms with Crippen LogP contribution >= 0.6 is 23.2 Å². The van der Waals surface area contributed by atoms with Crippen molar-refractivity contribution < 1.29 is 18.0 Å². The molecule has 0 spiro atoms. The van der Waals surface area contributed by atoms with Crippen LogP contribution in [0.15, 0.2) is 102 Å². The molecule has 1 amide bonds. The number of carbonyl (C=O) groups is 2. The molecule has 6 nitrogen and oxygen atoms in total. The summed E-state index contributed by atoms with van der Waals surface area (Å²) in [5.74, 6) is -0.828. The minimum Gasteiger partial charge on any atom is -0.324 e. The maximum Gasteiger partial charge on any atom is 0.264 e. The van der Waals surface area contributed by atoms with Gasteiger partial charge in [-0.3, -0.25) is 13.9 Å². The molecule has 0 heterocycles. The maximum absolute atomic E-state index is 13.6. The highest BCUT2D eigenvalue weighted by Crippen LogP contribution is 2.35. The lowest BCUT2D eigenvalue weighted by atomic mass is 9.86. The molecule has 0 atom stereocenters. The fourth-order valence-corrected chi connectivity index (χ4v) is 5.96. The Morgan fingerprint density at radius 2 is 1.45 bits per heavy atom. The van der Waals surface area contributed by atoms with E-state index < -0.39 is 22.5 Å². The van der Waals surface area contributed by atoms with Crippen LogP contribution in [-0.4, -0.2) is 26.7 Å². The second-order valence-corrected chi connectivity index (χ2v) is 12.8. The number of halogens is 2. The molecule has 0 aliphatic carbocycles. The van der Waals surface area contributed by atoms with Gasteiger partial charge in [0.1, 0.15) is 6.54 Å². The van der Waals surface area contributed by atoms with Gasteiger partial charge in [0.25, 0.3) is 10.0 Å². The Bertz CT molecular complexity index is 1650. The number of rotatable bonds is 8. The van der Waals surface area contributed by atoms with Crippen LogP contribution in [0, 0.1) is 0 Å². The summed E-state index contributed by atoms with van der Waals surface area (Å²) in [6.45, 7) is 5.72. The first-order chi connectivity index (χ1) is 18.9. The first kappa shape index (κ1) is 29.3. The van der Waals surface area contributed by atoms with Crippen molar-refractivity contribution in [2.24, 2.45) is 0 Å². The van der Waals surface area contributed by atoms with Gasteiger partial charge < -0.3 is 5.32 Å². The highest BCUT2D eigenvalue weighted by molar-refractivity contribution is 7.92. The number of sulfonamides is 1. The van der Waals surface area contributed by atoms with Gasteiger partial charge in [0, 0.05) is 16.8 Å². The summed E-state index contributed by atoms with van der Waals surface area (Å²) in [5.41, 5.74) is 2.38. The molecule has 1 N–H and O–H groups in total. The van der Waals surface area contributed by atoms with Crippen molar-refractivity contribution in [1.29, 1.82) is 0 Å². The number of benzene rings is 4. The van der Waals surface area contributed by atoms with E-state index in [2.05, 4.69) is 26.1 Å². The zero-order valence-electron chi connectivity index (χ0n) is 22.2. The highest BCUT2D eigenvalue weighted by atomic mass is 35.5. The van der Waals surface area contributed by atoms with E-state index in [1.165, 1.54) is 24.3 Å². The van der Waals surface area contributed by atoms with Crippen LogP contribution in [0.1, 0.15) is 42.3 Å². The SMILES string of the molecule is CC(C)(C)c1ccc(C(=O)c2cccc(NC(=O)CN(c3cccc(Cl)c3Cl)S(=O)(=O)c3ccccc3)c2)cc1. The van der Waals surface area contributed by atoms with Crippen molar-refractivity contribution in [3.05, 3.63) is 124 Å². The average molecular weight is 596 g/mol. The van der Waals surface area contributed by atoms with Gasteiger partial charge in [0.05, 0.1) is 20.6 Å². The summed E-state index contributed by atoms with van der Waals surface area (Å²) in [4.78, 5) is 26.3. The summed E-state index contributed by atoms with van der Waals surface area (Å²) in [5, 5.41) is 2.85. The first-order valence-corrected chi connectivity index (χ1v) is 14.6. The smallest absolute Gasteiger partial charge is 0.264 e.